The van der Waals surface area contributed by atoms with Gasteiger partial charge in [-0.1, -0.05) is 12.1 Å². The molecule has 1 aromatic rings. The highest BCUT2D eigenvalue weighted by Gasteiger charge is 2.25. The van der Waals surface area contributed by atoms with Crippen molar-refractivity contribution >= 4 is 0 Å². The molecule has 0 bridgehead atoms. The summed E-state index contributed by atoms with van der Waals surface area (Å²) >= 11 is 0. The molecule has 1 aromatic carbocycles. The molecule has 2 rings (SSSR count). The van der Waals surface area contributed by atoms with E-state index in [0.29, 0.717) is 6.04 Å². The Morgan fingerprint density at radius 2 is 2.24 bits per heavy atom. The van der Waals surface area contributed by atoms with Crippen LogP contribution in [0.1, 0.15) is 24.4 Å². The monoisotopic (exact) mass is 235 g/mol. The van der Waals surface area contributed by atoms with Gasteiger partial charge in [-0.25, -0.2) is 0 Å². The summed E-state index contributed by atoms with van der Waals surface area (Å²) < 4.78 is 10.5. The highest BCUT2D eigenvalue weighted by atomic mass is 16.5. The van der Waals surface area contributed by atoms with Gasteiger partial charge in [0.25, 0.3) is 0 Å². The van der Waals surface area contributed by atoms with Crippen LogP contribution in [0.5, 0.6) is 5.75 Å². The number of ether oxygens (including phenoxy) is 2. The van der Waals surface area contributed by atoms with Crippen LogP contribution in [0.4, 0.5) is 0 Å². The molecule has 17 heavy (non-hydrogen) atoms. The predicted octanol–water partition coefficient (Wildman–Crippen LogP) is 2.48. The van der Waals surface area contributed by atoms with Gasteiger partial charge >= 0.3 is 0 Å². The summed E-state index contributed by atoms with van der Waals surface area (Å²) in [5, 5.41) is 0. The molecule has 0 radical (unpaired) electrons. The highest BCUT2D eigenvalue weighted by Crippen LogP contribution is 2.32. The van der Waals surface area contributed by atoms with E-state index in [2.05, 4.69) is 23.1 Å². The molecule has 0 aromatic heterocycles. The molecule has 94 valence electrons. The molecule has 0 spiro atoms. The lowest BCUT2D eigenvalue weighted by Gasteiger charge is -2.24. The van der Waals surface area contributed by atoms with Crippen molar-refractivity contribution in [2.75, 3.05) is 33.9 Å². The molecular formula is C14H21NO2. The van der Waals surface area contributed by atoms with Gasteiger partial charge in [0.1, 0.15) is 5.75 Å². The van der Waals surface area contributed by atoms with Crippen molar-refractivity contribution in [2.24, 2.45) is 0 Å². The summed E-state index contributed by atoms with van der Waals surface area (Å²) in [4.78, 5) is 2.50. The van der Waals surface area contributed by atoms with E-state index < -0.39 is 0 Å². The van der Waals surface area contributed by atoms with E-state index in [9.17, 15) is 0 Å². The topological polar surface area (TPSA) is 21.7 Å². The maximum atomic E-state index is 5.29. The average Bonchev–Trinajstić information content (AvgIpc) is 2.84. The highest BCUT2D eigenvalue weighted by molar-refractivity contribution is 5.31. The largest absolute Gasteiger partial charge is 0.497 e. The van der Waals surface area contributed by atoms with Crippen molar-refractivity contribution in [1.82, 2.24) is 4.90 Å². The lowest BCUT2D eigenvalue weighted by Crippen LogP contribution is -2.26. The first-order valence-electron chi connectivity index (χ1n) is 6.22. The first kappa shape index (κ1) is 12.4. The minimum atomic E-state index is 0.528. The summed E-state index contributed by atoms with van der Waals surface area (Å²) in [5.74, 6) is 0.945. The van der Waals surface area contributed by atoms with E-state index in [1.165, 1.54) is 24.9 Å². The fourth-order valence-electron chi connectivity index (χ4n) is 2.53. The zero-order chi connectivity index (χ0) is 12.1. The minimum absolute atomic E-state index is 0.528. The van der Waals surface area contributed by atoms with Crippen molar-refractivity contribution in [3.8, 4) is 5.75 Å². The van der Waals surface area contributed by atoms with E-state index in [-0.39, 0.29) is 0 Å². The van der Waals surface area contributed by atoms with Crippen LogP contribution >= 0.6 is 0 Å². The quantitative estimate of drug-likeness (QED) is 0.782. The zero-order valence-corrected chi connectivity index (χ0v) is 10.7. The second kappa shape index (κ2) is 6.03. The smallest absolute Gasteiger partial charge is 0.119 e. The zero-order valence-electron chi connectivity index (χ0n) is 10.7. The van der Waals surface area contributed by atoms with Gasteiger partial charge in [0.2, 0.25) is 0 Å². The Hall–Kier alpha value is -1.06. The van der Waals surface area contributed by atoms with Crippen LogP contribution in [0, 0.1) is 0 Å². The maximum Gasteiger partial charge on any atom is 0.119 e. The lowest BCUT2D eigenvalue weighted by molar-refractivity contribution is 0.141. The van der Waals surface area contributed by atoms with Crippen LogP contribution in [0.2, 0.25) is 0 Å². The van der Waals surface area contributed by atoms with Crippen molar-refractivity contribution < 1.29 is 9.47 Å². The van der Waals surface area contributed by atoms with Crippen molar-refractivity contribution in [1.29, 1.82) is 0 Å². The van der Waals surface area contributed by atoms with Gasteiger partial charge in [0.05, 0.1) is 13.7 Å². The molecule has 1 fully saturated rings. The number of nitrogens with zero attached hydrogens (tertiary/aromatic N) is 1. The molecule has 3 heteroatoms. The van der Waals surface area contributed by atoms with Crippen molar-refractivity contribution in [3.05, 3.63) is 29.8 Å². The third kappa shape index (κ3) is 2.99. The number of benzene rings is 1. The van der Waals surface area contributed by atoms with Crippen LogP contribution in [0.3, 0.4) is 0 Å². The van der Waals surface area contributed by atoms with Gasteiger partial charge in [-0.2, -0.15) is 0 Å². The normalized spacial score (nSPS) is 20.7. The molecular weight excluding hydrogens is 214 g/mol. The Bertz CT molecular complexity index is 354. The van der Waals surface area contributed by atoms with Crippen LogP contribution in [-0.4, -0.2) is 38.8 Å². The third-order valence-electron chi connectivity index (χ3n) is 3.42. The molecule has 0 aliphatic carbocycles. The molecule has 3 nitrogen and oxygen atoms in total. The molecule has 1 aliphatic rings. The molecule has 0 amide bonds. The number of methoxy groups -OCH3 is 2. The minimum Gasteiger partial charge on any atom is -0.497 e. The van der Waals surface area contributed by atoms with Crippen LogP contribution < -0.4 is 4.74 Å². The van der Waals surface area contributed by atoms with E-state index >= 15 is 0 Å². The summed E-state index contributed by atoms with van der Waals surface area (Å²) in [6.45, 7) is 2.99. The Morgan fingerprint density at radius 3 is 3.00 bits per heavy atom. The first-order valence-corrected chi connectivity index (χ1v) is 6.22. The number of hydrogen-bond acceptors (Lipinski definition) is 3. The van der Waals surface area contributed by atoms with Gasteiger partial charge in [-0.3, -0.25) is 4.90 Å². The van der Waals surface area contributed by atoms with E-state index in [4.69, 9.17) is 9.47 Å². The summed E-state index contributed by atoms with van der Waals surface area (Å²) in [7, 11) is 3.48. The van der Waals surface area contributed by atoms with Gasteiger partial charge in [0, 0.05) is 19.7 Å². The molecule has 1 saturated heterocycles. The summed E-state index contributed by atoms with van der Waals surface area (Å²) in [6.07, 6.45) is 2.50. The number of hydrogen-bond donors (Lipinski definition) is 0. The van der Waals surface area contributed by atoms with Gasteiger partial charge in [-0.15, -0.1) is 0 Å². The SMILES string of the molecule is COCCN1CCC[C@H]1c1cccc(OC)c1. The molecule has 0 N–H and O–H groups in total. The molecule has 1 aliphatic heterocycles. The molecule has 1 atom stereocenters. The second-order valence-corrected chi connectivity index (χ2v) is 4.46. The summed E-state index contributed by atoms with van der Waals surface area (Å²) in [6, 6.07) is 8.94. The Kier molecular flexibility index (Phi) is 4.40. The van der Waals surface area contributed by atoms with Crippen molar-refractivity contribution in [2.45, 2.75) is 18.9 Å². The Balaban J connectivity index is 2.08. The van der Waals surface area contributed by atoms with Gasteiger partial charge in [0.15, 0.2) is 0 Å². The predicted molar refractivity (Wildman–Crippen MR) is 68.4 cm³/mol. The van der Waals surface area contributed by atoms with Gasteiger partial charge in [-0.05, 0) is 37.1 Å². The average molecular weight is 235 g/mol. The number of likely N-dealkylation sites (tertiary alicyclic amines) is 1. The molecule has 0 saturated carbocycles. The Labute approximate surface area is 103 Å². The number of rotatable bonds is 5. The first-order chi connectivity index (χ1) is 8.35. The maximum absolute atomic E-state index is 5.29. The standard InChI is InChI=1S/C14H21NO2/c1-16-10-9-15-8-4-7-14(15)12-5-3-6-13(11-12)17-2/h3,5-6,11,14H,4,7-10H2,1-2H3/t14-/m0/s1. The van der Waals surface area contributed by atoms with Crippen LogP contribution in [0.25, 0.3) is 0 Å². The molecule has 1 heterocycles. The molecule has 0 unspecified atom stereocenters. The Morgan fingerprint density at radius 1 is 1.35 bits per heavy atom. The lowest BCUT2D eigenvalue weighted by atomic mass is 10.0. The van der Waals surface area contributed by atoms with Crippen LogP contribution in [0.15, 0.2) is 24.3 Å². The fraction of sp³-hybridized carbons (Fsp3) is 0.571. The summed E-state index contributed by atoms with van der Waals surface area (Å²) in [5.41, 5.74) is 1.36. The third-order valence-corrected chi connectivity index (χ3v) is 3.42. The van der Waals surface area contributed by atoms with E-state index in [0.717, 1.165) is 18.9 Å². The van der Waals surface area contributed by atoms with Gasteiger partial charge < -0.3 is 9.47 Å². The van der Waals surface area contributed by atoms with E-state index in [1.807, 2.05) is 6.07 Å². The van der Waals surface area contributed by atoms with Crippen molar-refractivity contribution in [3.63, 3.8) is 0 Å². The second-order valence-electron chi connectivity index (χ2n) is 4.46. The van der Waals surface area contributed by atoms with Crippen LogP contribution in [-0.2, 0) is 4.74 Å². The van der Waals surface area contributed by atoms with E-state index in [1.54, 1.807) is 14.2 Å². The fourth-order valence-corrected chi connectivity index (χ4v) is 2.53.